The third-order valence-corrected chi connectivity index (χ3v) is 25.1. The van der Waals surface area contributed by atoms with Crippen LogP contribution in [0.25, 0.3) is 53.9 Å². The molecule has 0 saturated carbocycles. The van der Waals surface area contributed by atoms with Crippen molar-refractivity contribution in [1.82, 2.24) is 30.3 Å². The maximum atomic E-state index is 12.6. The number of nitrogens with zero attached hydrogens (tertiary/aromatic N) is 1. The summed E-state index contributed by atoms with van der Waals surface area (Å²) >= 11 is 6.01. The first kappa shape index (κ1) is 134. The number of quaternary nitrogens is 1. The Morgan fingerprint density at radius 3 is 0.829 bits per heavy atom. The molecule has 34 nitrogen and oxygen atoms in total. The molecular formula is C96H133Ca2Cl3N7O27P5-2. The summed E-state index contributed by atoms with van der Waals surface area (Å²) < 4.78 is 113. The molecular weight excluding hydrogens is 2020 g/mol. The number of carbonyl (C=O) groups is 5. The van der Waals surface area contributed by atoms with Crippen molar-refractivity contribution in [3.63, 3.8) is 0 Å². The minimum Gasteiger partial charge on any atom is -1.00 e. The van der Waals surface area contributed by atoms with Crippen LogP contribution in [-0.4, -0.2) is 234 Å². The first-order chi connectivity index (χ1) is 61.8. The molecule has 0 spiro atoms. The van der Waals surface area contributed by atoms with E-state index in [2.05, 4.69) is 30.3 Å². The Hall–Kier alpha value is -6.17. The van der Waals surface area contributed by atoms with Crippen molar-refractivity contribution in [1.29, 1.82) is 0 Å². The van der Waals surface area contributed by atoms with Gasteiger partial charge in [0.15, 0.2) is 0 Å². The smallest absolute Gasteiger partial charge is 1.00 e. The zero-order valence-electron chi connectivity index (χ0n) is 82.8. The summed E-state index contributed by atoms with van der Waals surface area (Å²) in [6, 6.07) is 58.0. The molecule has 3 aliphatic heterocycles. The molecule has 766 valence electrons. The molecule has 5 unspecified atom stereocenters. The molecule has 2 bridgehead atoms. The number of nitrogens with one attached hydrogen (secondary N) is 6. The molecule has 10 aromatic carbocycles. The Morgan fingerprint density at radius 1 is 0.350 bits per heavy atom. The molecule has 13 rings (SSSR count). The van der Waals surface area contributed by atoms with Crippen LogP contribution in [0.1, 0.15) is 138 Å². The van der Waals surface area contributed by atoms with E-state index in [1.165, 1.54) is 73.9 Å². The third-order valence-electron chi connectivity index (χ3n) is 18.9. The SMILES string of the molecule is C1C[NH+]2CCN1CC2.C[C@H](NP(=O)(Cl)Oc1cccc2ccccc12)C(=O)OCC(C)(C)C.C[C@H](NP(=O)(O)Oc1cccc2ccccc12)C(=O)OCC(C)(C)C.C[C@H](NP(=O)([O-])Oc1ccc2ccccc2c1)C(=O)OCC(C)(C)C.C[C@H](NP(=O)([O-])Oc1ccc2ccccc2c1)C(=O)OCC(C)(C)C.C[C@H](NP(=O)([O-])Oc1ccc2ccccc2c1)C(=O)OCC(C)(C)C.O.[Ca+2].[Ca+2].[Cl-].[Cl-].[OH-].[OH-]. The summed E-state index contributed by atoms with van der Waals surface area (Å²) in [4.78, 5) is 111. The predicted octanol–water partition coefficient (Wildman–Crippen LogP) is 9.05. The Morgan fingerprint density at radius 2 is 0.579 bits per heavy atom. The fraction of sp³-hybridized carbons (Fsp3) is 0.427. The van der Waals surface area contributed by atoms with Crippen LogP contribution in [0.2, 0.25) is 0 Å². The number of hydrogen-bond acceptors (Lipinski definition) is 26. The number of carbonyl (C=O) groups excluding carboxylic acids is 5. The van der Waals surface area contributed by atoms with Crippen molar-refractivity contribution in [3.05, 3.63) is 212 Å². The first-order valence-electron chi connectivity index (χ1n) is 43.5. The van der Waals surface area contributed by atoms with Crippen LogP contribution in [0.5, 0.6) is 28.7 Å². The molecule has 140 heavy (non-hydrogen) atoms. The van der Waals surface area contributed by atoms with Gasteiger partial charge in [-0.3, -0.25) is 42.6 Å². The molecule has 11 N–H and O–H groups in total. The molecule has 0 radical (unpaired) electrons. The fourth-order valence-corrected chi connectivity index (χ4v) is 18.0. The third kappa shape index (κ3) is 50.8. The van der Waals surface area contributed by atoms with E-state index in [0.29, 0.717) is 11.1 Å². The number of piperazine rings is 3. The van der Waals surface area contributed by atoms with E-state index < -0.39 is 97.9 Å². The number of rotatable bonds is 30. The predicted molar refractivity (Wildman–Crippen MR) is 535 cm³/mol. The van der Waals surface area contributed by atoms with Crippen LogP contribution in [0.3, 0.4) is 0 Å². The normalized spacial score (nSPS) is 16.3. The molecule has 0 aliphatic carbocycles. The maximum Gasteiger partial charge on any atom is 2.00 e. The van der Waals surface area contributed by atoms with E-state index in [1.54, 1.807) is 84.9 Å². The van der Waals surface area contributed by atoms with Gasteiger partial charge in [-0.1, -0.05) is 268 Å². The van der Waals surface area contributed by atoms with Gasteiger partial charge >= 0.3 is 120 Å². The molecule has 0 amide bonds. The number of esters is 5. The number of ether oxygens (including phenoxy) is 5. The van der Waals surface area contributed by atoms with E-state index in [4.69, 9.17) is 57.5 Å². The van der Waals surface area contributed by atoms with Crippen molar-refractivity contribution < 1.29 is 159 Å². The monoisotopic (exact) mass is 2160 g/mol. The van der Waals surface area contributed by atoms with Gasteiger partial charge in [-0.05, 0) is 153 Å². The summed E-state index contributed by atoms with van der Waals surface area (Å²) in [6.07, 6.45) is 0. The van der Waals surface area contributed by atoms with Crippen LogP contribution in [0.15, 0.2) is 212 Å². The quantitative estimate of drug-likeness (QED) is 0.00954. The van der Waals surface area contributed by atoms with E-state index in [9.17, 15) is 66.4 Å². The van der Waals surface area contributed by atoms with E-state index in [1.807, 2.05) is 236 Å². The van der Waals surface area contributed by atoms with Crippen molar-refractivity contribution in [3.8, 4) is 28.7 Å². The van der Waals surface area contributed by atoms with Crippen LogP contribution in [0.4, 0.5) is 0 Å². The Kier molecular flexibility index (Phi) is 57.5. The van der Waals surface area contributed by atoms with Crippen molar-refractivity contribution in [2.75, 3.05) is 72.3 Å². The number of benzene rings is 10. The summed E-state index contributed by atoms with van der Waals surface area (Å²) in [5, 5.41) is 20.3. The molecule has 10 aromatic rings. The van der Waals surface area contributed by atoms with Gasteiger partial charge in [0, 0.05) is 41.6 Å². The first-order valence-corrected chi connectivity index (χ1v) is 52.2. The Balaban J connectivity index is 0.00000167. The summed E-state index contributed by atoms with van der Waals surface area (Å²) in [5.41, 5.74) is -0.925. The van der Waals surface area contributed by atoms with Gasteiger partial charge in [0.25, 0.3) is 23.2 Å². The number of halogens is 3. The topological polar surface area (TPSA) is 512 Å². The maximum absolute atomic E-state index is 12.6. The minimum absolute atomic E-state index is 0. The van der Waals surface area contributed by atoms with Crippen molar-refractivity contribution in [2.45, 2.75) is 169 Å². The van der Waals surface area contributed by atoms with Gasteiger partial charge in [0.2, 0.25) is 0 Å². The Bertz CT molecular complexity index is 5340. The van der Waals surface area contributed by atoms with Crippen LogP contribution in [-0.2, 0) is 70.5 Å². The average Bonchev–Trinajstić information content (AvgIpc) is 0.804. The molecule has 0 aromatic heterocycles. The van der Waals surface area contributed by atoms with Gasteiger partial charge in [0.1, 0.15) is 59.0 Å². The van der Waals surface area contributed by atoms with Crippen molar-refractivity contribution >= 4 is 208 Å². The zero-order valence-corrected chi connectivity index (χ0v) is 94.0. The van der Waals surface area contributed by atoms with Gasteiger partial charge in [-0.2, -0.15) is 5.09 Å². The molecule has 3 heterocycles. The average molecular weight is 2160 g/mol. The standard InChI is InChI=1S/C18H23ClNO4P.4C18H24NO5P.C6H12N2.2Ca.2ClH.3H2O/c1-13(17(21)23-12-18(2,3)4)20-25(19,22)24-16-11-7-9-14-8-5-6-10-15(14)16;1-13(17(20)23-12-18(2,3)4)19-25(21,22)24-16-11-7-9-14-8-5-6-10-15(14)16;3*1-13(17(20)23-12-18(2,3)4)19-25(21,22)24-16-10-9-14-7-5-6-8-15(14)11-16;1-2-8-5-3-7(1)4-6-8;;;;;;;/h5-11,13H,12H2,1-4H3,(H,20,22);4*5-11,13H,12H2,1-4H3,(H2,19,21,22);1-6H2;;;2*1H;3*1H2/q;;;;;;2*+2;;;;;/p-6/t13-,25?;4*13-;;;;;;;;/m00000......../s1. The molecule has 3 aliphatic rings. The van der Waals surface area contributed by atoms with E-state index >= 15 is 0 Å². The van der Waals surface area contributed by atoms with Gasteiger partial charge in [-0.15, -0.1) is 0 Å². The van der Waals surface area contributed by atoms with Gasteiger partial charge in [0.05, 0.1) is 52.7 Å². The number of fused-ring (bicyclic) bond motifs is 8. The van der Waals surface area contributed by atoms with Crippen molar-refractivity contribution in [2.24, 2.45) is 27.1 Å². The van der Waals surface area contributed by atoms with Crippen LogP contribution in [0, 0.1) is 27.1 Å². The van der Waals surface area contributed by atoms with Crippen LogP contribution < -0.4 is 92.4 Å². The second kappa shape index (κ2) is 60.2. The molecule has 44 heteroatoms. The van der Waals surface area contributed by atoms with Crippen LogP contribution >= 0.6 is 49.1 Å². The fourth-order valence-electron chi connectivity index (χ4n) is 12.2. The molecule has 3 saturated heterocycles. The molecule has 3 fully saturated rings. The van der Waals surface area contributed by atoms with E-state index in [-0.39, 0.29) is 200 Å². The summed E-state index contributed by atoms with van der Waals surface area (Å²) in [7, 11) is -17.6. The van der Waals surface area contributed by atoms with Gasteiger partial charge < -0.3 is 112 Å². The largest absolute Gasteiger partial charge is 2.00 e. The molecule has 10 atom stereocenters. The second-order valence-electron chi connectivity index (χ2n) is 38.4. The Labute approximate surface area is 898 Å². The summed E-state index contributed by atoms with van der Waals surface area (Å²) in [6.45, 7) is 41.7. The second-order valence-corrected chi connectivity index (χ2v) is 46.9. The minimum atomic E-state index is -4.47. The summed E-state index contributed by atoms with van der Waals surface area (Å²) in [5.74, 6) is -1.87. The van der Waals surface area contributed by atoms with Gasteiger partial charge in [-0.25, -0.2) is 29.5 Å². The number of hydrogen-bond donors (Lipinski definition) is 7. The zero-order chi connectivity index (χ0) is 98.7. The van der Waals surface area contributed by atoms with E-state index in [0.717, 1.165) is 48.5 Å².